The molecule has 0 aliphatic heterocycles. The molecule has 0 amide bonds. The molecule has 0 fully saturated rings. The normalized spacial score (nSPS) is 8.00. The second-order valence-corrected chi connectivity index (χ2v) is 2.64. The number of hydrogen-bond donors (Lipinski definition) is 6. The van der Waals surface area contributed by atoms with Crippen molar-refractivity contribution in [3.63, 3.8) is 0 Å². The smallest absolute Gasteiger partial charge is 0.290 e. The van der Waals surface area contributed by atoms with Gasteiger partial charge in [0, 0.05) is 5.41 Å². The van der Waals surface area contributed by atoms with Gasteiger partial charge in [-0.3, -0.25) is 14.4 Å². The molecule has 0 atom stereocenters. The zero-order valence-corrected chi connectivity index (χ0v) is 9.97. The van der Waals surface area contributed by atoms with Gasteiger partial charge in [-0.15, -0.1) is 0 Å². The van der Waals surface area contributed by atoms with Crippen molar-refractivity contribution >= 4 is 19.4 Å². The lowest BCUT2D eigenvalue weighted by atomic mass is 9.88. The highest BCUT2D eigenvalue weighted by molar-refractivity contribution is 5.33. The van der Waals surface area contributed by atoms with Gasteiger partial charge in [0.25, 0.3) is 19.4 Å². The Kier molecular flexibility index (Phi) is 34.3. The largest absolute Gasteiger partial charge is 0.483 e. The molecule has 0 saturated heterocycles. The second-order valence-electron chi connectivity index (χ2n) is 2.64. The maximum atomic E-state index is 8.66. The molecule has 6 N–H and O–H groups in total. The average molecular weight is 272 g/mol. The van der Waals surface area contributed by atoms with Gasteiger partial charge >= 0.3 is 0 Å². The van der Waals surface area contributed by atoms with E-state index in [-0.39, 0.29) is 39.2 Å². The Morgan fingerprint density at radius 3 is 0.944 bits per heavy atom. The third-order valence-electron chi connectivity index (χ3n) is 1.76. The van der Waals surface area contributed by atoms with Gasteiger partial charge in [0.1, 0.15) is 0 Å². The van der Waals surface area contributed by atoms with Gasteiger partial charge in [-0.25, -0.2) is 0 Å². The fraction of sp³-hybridized carbons (Fsp3) is 0.667. The summed E-state index contributed by atoms with van der Waals surface area (Å²) in [5.41, 5.74) is -0.667. The topological polar surface area (TPSA) is 173 Å². The van der Waals surface area contributed by atoms with Crippen LogP contribution in [0.15, 0.2) is 0 Å². The highest BCUT2D eigenvalue weighted by atomic mass is 16.4. The maximum Gasteiger partial charge on any atom is 0.290 e. The Morgan fingerprint density at radius 1 is 0.778 bits per heavy atom. The van der Waals surface area contributed by atoms with Crippen LogP contribution in [0.4, 0.5) is 0 Å². The van der Waals surface area contributed by atoms with Crippen LogP contribution in [-0.2, 0) is 14.4 Å². The number of aliphatic hydroxyl groups is 3. The molecule has 0 radical (unpaired) electrons. The number of aliphatic hydroxyl groups excluding tert-OH is 3. The van der Waals surface area contributed by atoms with Crippen molar-refractivity contribution in [3.05, 3.63) is 0 Å². The highest BCUT2D eigenvalue weighted by Gasteiger charge is 2.24. The number of rotatable bonds is 4. The van der Waals surface area contributed by atoms with Gasteiger partial charge in [0.15, 0.2) is 0 Å². The number of hydrogen-bond acceptors (Lipinski definition) is 6. The van der Waals surface area contributed by atoms with Crippen LogP contribution in [0.25, 0.3) is 0 Å². The van der Waals surface area contributed by atoms with Crippen LogP contribution in [0.2, 0.25) is 0 Å². The summed E-state index contributed by atoms with van der Waals surface area (Å²) >= 11 is 0. The zero-order chi connectivity index (χ0) is 15.4. The maximum absolute atomic E-state index is 8.66. The van der Waals surface area contributed by atoms with E-state index >= 15 is 0 Å². The summed E-state index contributed by atoms with van der Waals surface area (Å²) in [4.78, 5) is 25.1. The summed E-state index contributed by atoms with van der Waals surface area (Å²) in [5.74, 6) is 0. The van der Waals surface area contributed by atoms with Crippen molar-refractivity contribution in [3.8, 4) is 0 Å². The summed E-state index contributed by atoms with van der Waals surface area (Å²) in [5, 5.41) is 46.6. The molecule has 18 heavy (non-hydrogen) atoms. The van der Waals surface area contributed by atoms with Crippen LogP contribution in [0.5, 0.6) is 0 Å². The molecule has 0 spiro atoms. The van der Waals surface area contributed by atoms with Gasteiger partial charge in [-0.1, -0.05) is 6.92 Å². The lowest BCUT2D eigenvalue weighted by molar-refractivity contribution is -0.123. The van der Waals surface area contributed by atoms with Gasteiger partial charge < -0.3 is 30.6 Å². The highest BCUT2D eigenvalue weighted by Crippen LogP contribution is 2.18. The lowest BCUT2D eigenvalue weighted by Crippen LogP contribution is -2.32. The first-order valence-electron chi connectivity index (χ1n) is 4.55. The fourth-order valence-corrected chi connectivity index (χ4v) is 0.485. The van der Waals surface area contributed by atoms with Crippen molar-refractivity contribution in [2.24, 2.45) is 5.41 Å². The third-order valence-corrected chi connectivity index (χ3v) is 1.76. The van der Waals surface area contributed by atoms with Crippen LogP contribution < -0.4 is 0 Å². The van der Waals surface area contributed by atoms with Crippen LogP contribution in [-0.4, -0.2) is 69.9 Å². The van der Waals surface area contributed by atoms with Gasteiger partial charge in [0.05, 0.1) is 19.8 Å². The van der Waals surface area contributed by atoms with Gasteiger partial charge in [0.2, 0.25) is 0 Å². The molecule has 0 aromatic rings. The average Bonchev–Trinajstić information content (AvgIpc) is 2.36. The minimum atomic E-state index is -0.667. The van der Waals surface area contributed by atoms with E-state index in [0.29, 0.717) is 6.42 Å². The van der Waals surface area contributed by atoms with E-state index < -0.39 is 5.41 Å². The van der Waals surface area contributed by atoms with Crippen LogP contribution >= 0.6 is 0 Å². The molecule has 0 rings (SSSR count). The van der Waals surface area contributed by atoms with Crippen molar-refractivity contribution in [1.82, 2.24) is 0 Å². The molecule has 9 nitrogen and oxygen atoms in total. The fourth-order valence-electron chi connectivity index (χ4n) is 0.485. The Hall–Kier alpha value is -1.71. The zero-order valence-electron chi connectivity index (χ0n) is 9.97. The Balaban J connectivity index is -0.0000000902. The van der Waals surface area contributed by atoms with E-state index in [1.165, 1.54) is 0 Å². The number of carboxylic acid groups (broad SMARTS) is 3. The van der Waals surface area contributed by atoms with E-state index in [4.69, 9.17) is 45.0 Å². The summed E-state index contributed by atoms with van der Waals surface area (Å²) in [6.45, 7) is 0.603. The molecule has 110 valence electrons. The number of carbonyl (C=O) groups is 3. The molecule has 0 aliphatic carbocycles. The first-order valence-corrected chi connectivity index (χ1v) is 4.55. The quantitative estimate of drug-likeness (QED) is 0.331. The standard InChI is InChI=1S/C6H14O3.3CH2O2/c1-2-6(3-7,4-8)5-9;3*2-1-3/h7-9H,2-5H2,1H3;3*1H,(H,2,3). The summed E-state index contributed by atoms with van der Waals surface area (Å²) in [7, 11) is 0. The predicted octanol–water partition coefficient (Wildman–Crippen LogP) is -1.54. The van der Waals surface area contributed by atoms with Crippen LogP contribution in [0, 0.1) is 5.41 Å². The lowest BCUT2D eigenvalue weighted by Gasteiger charge is -2.24. The predicted molar refractivity (Wildman–Crippen MR) is 60.1 cm³/mol. The van der Waals surface area contributed by atoms with E-state index in [2.05, 4.69) is 0 Å². The van der Waals surface area contributed by atoms with Gasteiger partial charge in [-0.05, 0) is 6.42 Å². The first-order chi connectivity index (χ1) is 8.49. The minimum Gasteiger partial charge on any atom is -0.483 e. The van der Waals surface area contributed by atoms with Crippen molar-refractivity contribution in [2.45, 2.75) is 13.3 Å². The van der Waals surface area contributed by atoms with E-state index in [9.17, 15) is 0 Å². The molecule has 0 aromatic carbocycles. The van der Waals surface area contributed by atoms with Crippen molar-refractivity contribution in [2.75, 3.05) is 19.8 Å². The SMILES string of the molecule is CCC(CO)(CO)CO.O=CO.O=CO.O=CO. The van der Waals surface area contributed by atoms with Gasteiger partial charge in [-0.2, -0.15) is 0 Å². The minimum absolute atomic E-state index is 0.156. The molecule has 9 heteroatoms. The molecular formula is C9H20O9. The molecule has 0 unspecified atom stereocenters. The first kappa shape index (κ1) is 25.2. The van der Waals surface area contributed by atoms with Crippen molar-refractivity contribution < 1.29 is 45.0 Å². The second kappa shape index (κ2) is 24.5. The van der Waals surface area contributed by atoms with Crippen LogP contribution in [0.3, 0.4) is 0 Å². The molecule has 0 aliphatic rings. The molecule has 0 saturated carbocycles. The molecular weight excluding hydrogens is 252 g/mol. The summed E-state index contributed by atoms with van der Waals surface area (Å²) in [6, 6.07) is 0. The van der Waals surface area contributed by atoms with E-state index in [1.807, 2.05) is 6.92 Å². The molecule has 0 bridgehead atoms. The Bertz CT molecular complexity index is 136. The molecule has 0 aromatic heterocycles. The summed E-state index contributed by atoms with van der Waals surface area (Å²) in [6.07, 6.45) is 0.594. The summed E-state index contributed by atoms with van der Waals surface area (Å²) < 4.78 is 0. The van der Waals surface area contributed by atoms with Crippen molar-refractivity contribution in [1.29, 1.82) is 0 Å². The third kappa shape index (κ3) is 23.8. The van der Waals surface area contributed by atoms with E-state index in [1.54, 1.807) is 0 Å². The monoisotopic (exact) mass is 272 g/mol. The van der Waals surface area contributed by atoms with Crippen LogP contribution in [0.1, 0.15) is 13.3 Å². The Morgan fingerprint density at radius 2 is 0.944 bits per heavy atom. The van der Waals surface area contributed by atoms with E-state index in [0.717, 1.165) is 0 Å². The molecule has 0 heterocycles. The Labute approximate surface area is 104 Å².